The Morgan fingerprint density at radius 3 is 2.88 bits per heavy atom. The van der Waals surface area contributed by atoms with Crippen molar-refractivity contribution in [2.24, 2.45) is 0 Å². The Morgan fingerprint density at radius 1 is 1.53 bits per heavy atom. The molecule has 92 valence electrons. The Hall–Kier alpha value is -1.55. The Morgan fingerprint density at radius 2 is 2.29 bits per heavy atom. The van der Waals surface area contributed by atoms with Crippen molar-refractivity contribution in [3.8, 4) is 5.75 Å². The van der Waals surface area contributed by atoms with Gasteiger partial charge in [0.2, 0.25) is 0 Å². The predicted octanol–water partition coefficient (Wildman–Crippen LogP) is 2.21. The maximum atomic E-state index is 12.0. The topological polar surface area (TPSA) is 58.6 Å². The third-order valence-electron chi connectivity index (χ3n) is 3.10. The van der Waals surface area contributed by atoms with Crippen LogP contribution in [0.1, 0.15) is 25.3 Å². The molecular formula is C13H17NO3. The van der Waals surface area contributed by atoms with E-state index >= 15 is 0 Å². The first-order valence-corrected chi connectivity index (χ1v) is 5.76. The lowest BCUT2D eigenvalue weighted by Crippen LogP contribution is -2.39. The van der Waals surface area contributed by atoms with Crippen molar-refractivity contribution in [2.75, 3.05) is 11.9 Å². The quantitative estimate of drug-likeness (QED) is 0.773. The van der Waals surface area contributed by atoms with Crippen LogP contribution >= 0.6 is 0 Å². The monoisotopic (exact) mass is 235 g/mol. The number of hydrogen-bond acceptors (Lipinski definition) is 3. The molecular weight excluding hydrogens is 218 g/mol. The van der Waals surface area contributed by atoms with Crippen LogP contribution in [0.5, 0.6) is 5.75 Å². The first-order chi connectivity index (χ1) is 8.01. The number of ether oxygens (including phenoxy) is 1. The number of amides is 1. The van der Waals surface area contributed by atoms with Crippen molar-refractivity contribution in [1.29, 1.82) is 0 Å². The van der Waals surface area contributed by atoms with E-state index in [1.54, 1.807) is 19.1 Å². The van der Waals surface area contributed by atoms with Crippen molar-refractivity contribution < 1.29 is 14.6 Å². The first kappa shape index (κ1) is 11.9. The Labute approximate surface area is 101 Å². The fourth-order valence-electron chi connectivity index (χ4n) is 1.96. The molecule has 0 saturated carbocycles. The highest BCUT2D eigenvalue weighted by Gasteiger charge is 2.37. The second-order valence-electron chi connectivity index (χ2n) is 4.66. The molecule has 1 atom stereocenters. The zero-order valence-electron chi connectivity index (χ0n) is 10.1. The molecule has 1 unspecified atom stereocenters. The van der Waals surface area contributed by atoms with Crippen LogP contribution in [0.3, 0.4) is 0 Å². The molecule has 1 aromatic carbocycles. The van der Waals surface area contributed by atoms with Crippen molar-refractivity contribution >= 4 is 11.6 Å². The van der Waals surface area contributed by atoms with Crippen molar-refractivity contribution in [2.45, 2.75) is 32.3 Å². The number of aryl methyl sites for hydroxylation is 1. The number of aromatic hydroxyl groups is 1. The van der Waals surface area contributed by atoms with Gasteiger partial charge in [0.05, 0.1) is 5.69 Å². The van der Waals surface area contributed by atoms with Gasteiger partial charge in [-0.2, -0.15) is 0 Å². The van der Waals surface area contributed by atoms with Gasteiger partial charge in [0, 0.05) is 6.61 Å². The van der Waals surface area contributed by atoms with E-state index in [0.29, 0.717) is 18.7 Å². The lowest BCUT2D eigenvalue weighted by molar-refractivity contribution is -0.133. The summed E-state index contributed by atoms with van der Waals surface area (Å²) in [6.07, 6.45) is 1.61. The fraction of sp³-hybridized carbons (Fsp3) is 0.462. The smallest absolute Gasteiger partial charge is 0.256 e. The second-order valence-corrected chi connectivity index (χ2v) is 4.66. The van der Waals surface area contributed by atoms with Crippen molar-refractivity contribution in [3.63, 3.8) is 0 Å². The lowest BCUT2D eigenvalue weighted by atomic mass is 10.0. The van der Waals surface area contributed by atoms with E-state index in [-0.39, 0.29) is 11.7 Å². The Bertz CT molecular complexity index is 436. The van der Waals surface area contributed by atoms with Crippen LogP contribution in [0, 0.1) is 6.92 Å². The second kappa shape index (κ2) is 4.37. The van der Waals surface area contributed by atoms with Gasteiger partial charge in [-0.25, -0.2) is 0 Å². The number of phenols is 1. The van der Waals surface area contributed by atoms with Gasteiger partial charge in [-0.1, -0.05) is 6.07 Å². The molecule has 4 heteroatoms. The third kappa shape index (κ3) is 2.42. The van der Waals surface area contributed by atoms with Gasteiger partial charge in [0.1, 0.15) is 11.4 Å². The molecule has 17 heavy (non-hydrogen) atoms. The van der Waals surface area contributed by atoms with E-state index in [0.717, 1.165) is 12.0 Å². The summed E-state index contributed by atoms with van der Waals surface area (Å²) < 4.78 is 5.44. The summed E-state index contributed by atoms with van der Waals surface area (Å²) >= 11 is 0. The van der Waals surface area contributed by atoms with Crippen LogP contribution in [-0.4, -0.2) is 23.2 Å². The van der Waals surface area contributed by atoms with Crippen molar-refractivity contribution in [3.05, 3.63) is 23.8 Å². The highest BCUT2D eigenvalue weighted by Crippen LogP contribution is 2.29. The summed E-state index contributed by atoms with van der Waals surface area (Å²) in [7, 11) is 0. The largest absolute Gasteiger partial charge is 0.506 e. The van der Waals surface area contributed by atoms with Gasteiger partial charge < -0.3 is 15.2 Å². The molecule has 2 rings (SSSR count). The highest BCUT2D eigenvalue weighted by molar-refractivity contribution is 5.98. The van der Waals surface area contributed by atoms with Crippen LogP contribution in [-0.2, 0) is 9.53 Å². The normalized spacial score (nSPS) is 23.6. The minimum atomic E-state index is -0.767. The van der Waals surface area contributed by atoms with E-state index in [1.165, 1.54) is 0 Å². The number of anilines is 1. The SMILES string of the molecule is Cc1ccc(NC(=O)C2(C)CCCO2)c(O)c1. The summed E-state index contributed by atoms with van der Waals surface area (Å²) in [6, 6.07) is 5.15. The Kier molecular flexibility index (Phi) is 3.07. The molecule has 1 aromatic rings. The number of rotatable bonds is 2. The summed E-state index contributed by atoms with van der Waals surface area (Å²) in [5.74, 6) is -0.117. The minimum absolute atomic E-state index is 0.0833. The van der Waals surface area contributed by atoms with Gasteiger partial charge in [-0.15, -0.1) is 0 Å². The van der Waals surface area contributed by atoms with E-state index in [4.69, 9.17) is 4.74 Å². The third-order valence-corrected chi connectivity index (χ3v) is 3.10. The maximum absolute atomic E-state index is 12.0. The molecule has 4 nitrogen and oxygen atoms in total. The van der Waals surface area contributed by atoms with Crippen LogP contribution in [0.15, 0.2) is 18.2 Å². The molecule has 0 bridgehead atoms. The van der Waals surface area contributed by atoms with Crippen LogP contribution in [0.2, 0.25) is 0 Å². The summed E-state index contributed by atoms with van der Waals surface area (Å²) in [5, 5.41) is 12.4. The summed E-state index contributed by atoms with van der Waals surface area (Å²) in [6.45, 7) is 4.27. The summed E-state index contributed by atoms with van der Waals surface area (Å²) in [4.78, 5) is 12.0. The van der Waals surface area contributed by atoms with Gasteiger partial charge in [0.25, 0.3) is 5.91 Å². The lowest BCUT2D eigenvalue weighted by Gasteiger charge is -2.22. The first-order valence-electron chi connectivity index (χ1n) is 5.76. The summed E-state index contributed by atoms with van der Waals surface area (Å²) in [5.41, 5.74) is 0.610. The van der Waals surface area contributed by atoms with Crippen LogP contribution in [0.4, 0.5) is 5.69 Å². The van der Waals surface area contributed by atoms with Crippen LogP contribution in [0.25, 0.3) is 0 Å². The molecule has 1 saturated heterocycles. The van der Waals surface area contributed by atoms with E-state index < -0.39 is 5.60 Å². The number of benzene rings is 1. The average Bonchev–Trinajstić information content (AvgIpc) is 2.71. The molecule has 0 spiro atoms. The van der Waals surface area contributed by atoms with Gasteiger partial charge >= 0.3 is 0 Å². The molecule has 0 aromatic heterocycles. The molecule has 1 amide bonds. The number of carbonyl (C=O) groups excluding carboxylic acids is 1. The van der Waals surface area contributed by atoms with E-state index in [2.05, 4.69) is 5.32 Å². The molecule has 1 heterocycles. The average molecular weight is 235 g/mol. The predicted molar refractivity (Wildman–Crippen MR) is 65.1 cm³/mol. The molecule has 0 aliphatic carbocycles. The molecule has 0 radical (unpaired) electrons. The van der Waals surface area contributed by atoms with Crippen molar-refractivity contribution in [1.82, 2.24) is 0 Å². The zero-order chi connectivity index (χ0) is 12.5. The zero-order valence-corrected chi connectivity index (χ0v) is 10.1. The molecule has 1 aliphatic rings. The number of carbonyl (C=O) groups is 1. The van der Waals surface area contributed by atoms with Gasteiger partial charge in [0.15, 0.2) is 0 Å². The molecule has 1 fully saturated rings. The standard InChI is InChI=1S/C13H17NO3/c1-9-4-5-10(11(15)8-9)14-12(16)13(2)6-3-7-17-13/h4-5,8,15H,3,6-7H2,1-2H3,(H,14,16). The van der Waals surface area contributed by atoms with E-state index in [1.807, 2.05) is 13.0 Å². The Balaban J connectivity index is 2.13. The molecule has 1 aliphatic heterocycles. The minimum Gasteiger partial charge on any atom is -0.506 e. The number of phenolic OH excluding ortho intramolecular Hbond substituents is 1. The highest BCUT2D eigenvalue weighted by atomic mass is 16.5. The van der Waals surface area contributed by atoms with E-state index in [9.17, 15) is 9.90 Å². The number of hydrogen-bond donors (Lipinski definition) is 2. The van der Waals surface area contributed by atoms with Gasteiger partial charge in [-0.3, -0.25) is 4.79 Å². The fourth-order valence-corrected chi connectivity index (χ4v) is 1.96. The van der Waals surface area contributed by atoms with Gasteiger partial charge in [-0.05, 0) is 44.4 Å². The maximum Gasteiger partial charge on any atom is 0.256 e. The molecule has 2 N–H and O–H groups in total. The van der Waals surface area contributed by atoms with Crippen LogP contribution < -0.4 is 5.32 Å². The number of nitrogens with one attached hydrogen (secondary N) is 1.